The highest BCUT2D eigenvalue weighted by molar-refractivity contribution is 7.89. The number of sulfonamides is 1. The second-order valence-electron chi connectivity index (χ2n) is 6.41. The molecule has 0 aliphatic rings. The number of aryl methyl sites for hydroxylation is 1. The van der Waals surface area contributed by atoms with E-state index in [1.165, 1.54) is 12.1 Å². The van der Waals surface area contributed by atoms with Gasteiger partial charge in [0.2, 0.25) is 10.0 Å². The Morgan fingerprint density at radius 3 is 2.48 bits per heavy atom. The molecule has 0 saturated carbocycles. The summed E-state index contributed by atoms with van der Waals surface area (Å²) >= 11 is 5.86. The summed E-state index contributed by atoms with van der Waals surface area (Å²) in [5.74, 6) is 0. The van der Waals surface area contributed by atoms with E-state index in [2.05, 4.69) is 4.72 Å². The molecule has 1 rings (SSSR count). The molecule has 21 heavy (non-hydrogen) atoms. The van der Waals surface area contributed by atoms with Crippen molar-refractivity contribution in [3.8, 4) is 0 Å². The Hall–Kier alpha value is -0.820. The fourth-order valence-corrected chi connectivity index (χ4v) is 3.57. The molecular formula is C14H23ClN2O3S. The average molecular weight is 335 g/mol. The van der Waals surface area contributed by atoms with Gasteiger partial charge in [-0.1, -0.05) is 32.4 Å². The minimum atomic E-state index is -3.73. The van der Waals surface area contributed by atoms with Crippen molar-refractivity contribution in [3.05, 3.63) is 22.7 Å². The predicted octanol–water partition coefficient (Wildman–Crippen LogP) is 2.31. The Morgan fingerprint density at radius 1 is 1.38 bits per heavy atom. The third-order valence-electron chi connectivity index (χ3n) is 2.94. The normalized spacial score (nSPS) is 14.2. The van der Waals surface area contributed by atoms with E-state index in [9.17, 15) is 13.5 Å². The van der Waals surface area contributed by atoms with Crippen LogP contribution in [0.25, 0.3) is 0 Å². The molecule has 4 N–H and O–H groups in total. The second-order valence-corrected chi connectivity index (χ2v) is 8.55. The van der Waals surface area contributed by atoms with E-state index in [0.717, 1.165) is 0 Å². The smallest absolute Gasteiger partial charge is 0.240 e. The zero-order valence-electron chi connectivity index (χ0n) is 12.8. The van der Waals surface area contributed by atoms with Crippen LogP contribution in [-0.2, 0) is 10.0 Å². The molecule has 0 heterocycles. The molecule has 0 aliphatic heterocycles. The monoisotopic (exact) mass is 334 g/mol. The molecule has 5 nitrogen and oxygen atoms in total. The van der Waals surface area contributed by atoms with Crippen LogP contribution in [0.5, 0.6) is 0 Å². The van der Waals surface area contributed by atoms with Crippen LogP contribution in [0, 0.1) is 12.3 Å². The molecule has 0 fully saturated rings. The van der Waals surface area contributed by atoms with E-state index >= 15 is 0 Å². The van der Waals surface area contributed by atoms with E-state index in [1.54, 1.807) is 6.92 Å². The summed E-state index contributed by atoms with van der Waals surface area (Å²) in [4.78, 5) is 0.0763. The standard InChI is InChI=1S/C14H23ClN2O3S/c1-9-5-11(15)12(16)6-13(9)21(19,20)17-8-10(18)7-14(2,3)4/h5-6,10,17-18H,7-8,16H2,1-4H3. The Morgan fingerprint density at radius 2 is 1.95 bits per heavy atom. The number of hydrogen-bond acceptors (Lipinski definition) is 4. The van der Waals surface area contributed by atoms with Gasteiger partial charge in [-0.3, -0.25) is 0 Å². The second kappa shape index (κ2) is 6.52. The molecule has 0 aromatic heterocycles. The lowest BCUT2D eigenvalue weighted by Crippen LogP contribution is -2.34. The molecule has 1 aromatic carbocycles. The Balaban J connectivity index is 2.86. The Labute approximate surface area is 131 Å². The number of halogens is 1. The van der Waals surface area contributed by atoms with Gasteiger partial charge in [0.25, 0.3) is 0 Å². The molecule has 0 aliphatic carbocycles. The maximum Gasteiger partial charge on any atom is 0.240 e. The summed E-state index contributed by atoms with van der Waals surface area (Å²) in [6.45, 7) is 7.55. The van der Waals surface area contributed by atoms with Crippen molar-refractivity contribution in [1.82, 2.24) is 4.72 Å². The van der Waals surface area contributed by atoms with Crippen molar-refractivity contribution in [2.75, 3.05) is 12.3 Å². The summed E-state index contributed by atoms with van der Waals surface area (Å²) in [6.07, 6.45) is -0.248. The lowest BCUT2D eigenvalue weighted by molar-refractivity contribution is 0.125. The fourth-order valence-electron chi connectivity index (χ4n) is 2.02. The highest BCUT2D eigenvalue weighted by Crippen LogP contribution is 2.26. The SMILES string of the molecule is Cc1cc(Cl)c(N)cc1S(=O)(=O)NCC(O)CC(C)(C)C. The van der Waals surface area contributed by atoms with Gasteiger partial charge in [-0.25, -0.2) is 13.1 Å². The minimum Gasteiger partial charge on any atom is -0.397 e. The summed E-state index contributed by atoms with van der Waals surface area (Å²) < 4.78 is 26.9. The van der Waals surface area contributed by atoms with Gasteiger partial charge >= 0.3 is 0 Å². The molecular weight excluding hydrogens is 312 g/mol. The number of rotatable bonds is 5. The van der Waals surface area contributed by atoms with Crippen LogP contribution >= 0.6 is 11.6 Å². The van der Waals surface area contributed by atoms with Crippen molar-refractivity contribution in [2.45, 2.75) is 45.1 Å². The molecule has 1 atom stereocenters. The molecule has 1 unspecified atom stereocenters. The number of aliphatic hydroxyl groups excluding tert-OH is 1. The number of aliphatic hydroxyl groups is 1. The summed E-state index contributed by atoms with van der Waals surface area (Å²) in [7, 11) is -3.73. The zero-order valence-corrected chi connectivity index (χ0v) is 14.3. The average Bonchev–Trinajstić information content (AvgIpc) is 2.29. The van der Waals surface area contributed by atoms with Crippen LogP contribution in [0.3, 0.4) is 0 Å². The molecule has 0 spiro atoms. The topological polar surface area (TPSA) is 92.4 Å². The first-order valence-corrected chi connectivity index (χ1v) is 8.52. The van der Waals surface area contributed by atoms with Crippen LogP contribution in [0.1, 0.15) is 32.8 Å². The number of hydrogen-bond donors (Lipinski definition) is 3. The van der Waals surface area contributed by atoms with Gasteiger partial charge in [-0.2, -0.15) is 0 Å². The van der Waals surface area contributed by atoms with Crippen LogP contribution in [0.2, 0.25) is 5.02 Å². The first-order chi connectivity index (χ1) is 9.42. The third-order valence-corrected chi connectivity index (χ3v) is 4.83. The van der Waals surface area contributed by atoms with Gasteiger partial charge in [0.15, 0.2) is 0 Å². The number of nitrogens with one attached hydrogen (secondary N) is 1. The highest BCUT2D eigenvalue weighted by atomic mass is 35.5. The number of anilines is 1. The van der Waals surface area contributed by atoms with Crippen LogP contribution in [-0.4, -0.2) is 26.2 Å². The van der Waals surface area contributed by atoms with Gasteiger partial charge in [0.05, 0.1) is 21.7 Å². The summed E-state index contributed by atoms with van der Waals surface area (Å²) in [5, 5.41) is 10.2. The summed E-state index contributed by atoms with van der Waals surface area (Å²) in [5.41, 5.74) is 6.29. The number of nitrogens with two attached hydrogens (primary N) is 1. The molecule has 120 valence electrons. The first-order valence-electron chi connectivity index (χ1n) is 6.66. The van der Waals surface area contributed by atoms with Crippen molar-refractivity contribution in [2.24, 2.45) is 5.41 Å². The van der Waals surface area contributed by atoms with Gasteiger partial charge in [0.1, 0.15) is 0 Å². The van der Waals surface area contributed by atoms with Crippen molar-refractivity contribution in [1.29, 1.82) is 0 Å². The van der Waals surface area contributed by atoms with E-state index in [-0.39, 0.29) is 22.5 Å². The lowest BCUT2D eigenvalue weighted by Gasteiger charge is -2.22. The van der Waals surface area contributed by atoms with Crippen molar-refractivity contribution >= 4 is 27.3 Å². The summed E-state index contributed by atoms with van der Waals surface area (Å²) in [6, 6.07) is 2.84. The first kappa shape index (κ1) is 18.2. The molecule has 0 bridgehead atoms. The van der Waals surface area contributed by atoms with Crippen molar-refractivity contribution in [3.63, 3.8) is 0 Å². The van der Waals surface area contributed by atoms with Gasteiger partial charge in [-0.15, -0.1) is 0 Å². The van der Waals surface area contributed by atoms with Crippen LogP contribution < -0.4 is 10.5 Å². The third kappa shape index (κ3) is 5.47. The van der Waals surface area contributed by atoms with E-state index in [0.29, 0.717) is 17.0 Å². The zero-order chi connectivity index (χ0) is 16.4. The fraction of sp³-hybridized carbons (Fsp3) is 0.571. The van der Waals surface area contributed by atoms with E-state index < -0.39 is 16.1 Å². The van der Waals surface area contributed by atoms with Crippen molar-refractivity contribution < 1.29 is 13.5 Å². The van der Waals surface area contributed by atoms with Gasteiger partial charge < -0.3 is 10.8 Å². The van der Waals surface area contributed by atoms with E-state index in [4.69, 9.17) is 17.3 Å². The highest BCUT2D eigenvalue weighted by Gasteiger charge is 2.22. The minimum absolute atomic E-state index is 0.0401. The quantitative estimate of drug-likeness (QED) is 0.720. The molecule has 1 aromatic rings. The Kier molecular flexibility index (Phi) is 5.66. The van der Waals surface area contributed by atoms with E-state index in [1.807, 2.05) is 20.8 Å². The van der Waals surface area contributed by atoms with Crippen LogP contribution in [0.4, 0.5) is 5.69 Å². The molecule has 0 amide bonds. The predicted molar refractivity (Wildman–Crippen MR) is 85.9 cm³/mol. The molecule has 0 saturated heterocycles. The van der Waals surface area contributed by atoms with Crippen LogP contribution in [0.15, 0.2) is 17.0 Å². The maximum absolute atomic E-state index is 12.3. The van der Waals surface area contributed by atoms with Gasteiger partial charge in [0, 0.05) is 6.54 Å². The Bertz CT molecular complexity index is 609. The largest absolute Gasteiger partial charge is 0.397 e. The molecule has 0 radical (unpaired) electrons. The number of benzene rings is 1. The molecule has 7 heteroatoms. The number of nitrogen functional groups attached to an aromatic ring is 1. The lowest BCUT2D eigenvalue weighted by atomic mass is 9.89. The van der Waals surface area contributed by atoms with Gasteiger partial charge in [-0.05, 0) is 36.5 Å². The maximum atomic E-state index is 12.3.